The van der Waals surface area contributed by atoms with Crippen LogP contribution in [0.5, 0.6) is 5.75 Å². The van der Waals surface area contributed by atoms with Gasteiger partial charge in [0, 0.05) is 13.1 Å². The van der Waals surface area contributed by atoms with Crippen LogP contribution in [0.2, 0.25) is 0 Å². The number of amides is 2. The molecular weight excluding hydrogens is 264 g/mol. The number of carbonyl (C=O) groups excluding carboxylic acids is 1. The molecule has 3 N–H and O–H groups in total. The van der Waals surface area contributed by atoms with Gasteiger partial charge in [-0.2, -0.15) is 0 Å². The number of aromatic hydroxyl groups is 1. The molecule has 0 heterocycles. The van der Waals surface area contributed by atoms with Gasteiger partial charge in [0.15, 0.2) is 0 Å². The van der Waals surface area contributed by atoms with Crippen LogP contribution in [0.15, 0.2) is 48.5 Å². The average molecular weight is 284 g/mol. The van der Waals surface area contributed by atoms with Crippen molar-refractivity contribution in [3.8, 4) is 5.75 Å². The van der Waals surface area contributed by atoms with Gasteiger partial charge in [0.25, 0.3) is 0 Å². The van der Waals surface area contributed by atoms with Gasteiger partial charge in [-0.05, 0) is 36.6 Å². The molecule has 2 aromatic rings. The summed E-state index contributed by atoms with van der Waals surface area (Å²) in [5.74, 6) is 0.247. The lowest BCUT2D eigenvalue weighted by atomic mass is 10.1. The summed E-state index contributed by atoms with van der Waals surface area (Å²) in [6.07, 6.45) is 0.687. The Morgan fingerprint density at radius 3 is 2.57 bits per heavy atom. The highest BCUT2D eigenvalue weighted by Crippen LogP contribution is 2.10. The van der Waals surface area contributed by atoms with Crippen LogP contribution in [-0.4, -0.2) is 17.7 Å². The van der Waals surface area contributed by atoms with Crippen molar-refractivity contribution in [1.82, 2.24) is 10.6 Å². The summed E-state index contributed by atoms with van der Waals surface area (Å²) in [7, 11) is 0. The van der Waals surface area contributed by atoms with Crippen LogP contribution in [0.1, 0.15) is 16.7 Å². The van der Waals surface area contributed by atoms with Crippen LogP contribution in [0.25, 0.3) is 0 Å². The maximum absolute atomic E-state index is 11.7. The molecule has 4 nitrogen and oxygen atoms in total. The molecule has 0 saturated heterocycles. The van der Waals surface area contributed by atoms with E-state index in [1.807, 2.05) is 37.3 Å². The van der Waals surface area contributed by atoms with Gasteiger partial charge in [0.1, 0.15) is 5.75 Å². The molecule has 0 aromatic heterocycles. The summed E-state index contributed by atoms with van der Waals surface area (Å²) in [5.41, 5.74) is 3.26. The van der Waals surface area contributed by atoms with Crippen molar-refractivity contribution in [3.05, 3.63) is 65.2 Å². The lowest BCUT2D eigenvalue weighted by Gasteiger charge is -2.08. The van der Waals surface area contributed by atoms with Crippen LogP contribution in [-0.2, 0) is 13.0 Å². The SMILES string of the molecule is Cc1cccc(CNC(=O)NCCc2cccc(O)c2)c1. The summed E-state index contributed by atoms with van der Waals surface area (Å²) in [4.78, 5) is 11.7. The summed E-state index contributed by atoms with van der Waals surface area (Å²) in [6, 6.07) is 14.9. The van der Waals surface area contributed by atoms with Gasteiger partial charge < -0.3 is 15.7 Å². The van der Waals surface area contributed by atoms with Crippen LogP contribution in [0.3, 0.4) is 0 Å². The topological polar surface area (TPSA) is 61.4 Å². The van der Waals surface area contributed by atoms with Gasteiger partial charge in [-0.3, -0.25) is 0 Å². The molecule has 0 aliphatic carbocycles. The van der Waals surface area contributed by atoms with E-state index < -0.39 is 0 Å². The highest BCUT2D eigenvalue weighted by Gasteiger charge is 2.01. The second-order valence-corrected chi connectivity index (χ2v) is 5.02. The number of hydrogen-bond acceptors (Lipinski definition) is 2. The number of rotatable bonds is 5. The van der Waals surface area contributed by atoms with Crippen molar-refractivity contribution in [3.63, 3.8) is 0 Å². The molecule has 0 aliphatic heterocycles. The lowest BCUT2D eigenvalue weighted by Crippen LogP contribution is -2.36. The van der Waals surface area contributed by atoms with Crippen molar-refractivity contribution in [2.24, 2.45) is 0 Å². The van der Waals surface area contributed by atoms with E-state index in [0.29, 0.717) is 19.5 Å². The molecule has 110 valence electrons. The van der Waals surface area contributed by atoms with Gasteiger partial charge in [-0.25, -0.2) is 4.79 Å². The Morgan fingerprint density at radius 1 is 1.05 bits per heavy atom. The highest BCUT2D eigenvalue weighted by atomic mass is 16.3. The van der Waals surface area contributed by atoms with Gasteiger partial charge in [-0.1, -0.05) is 42.0 Å². The minimum Gasteiger partial charge on any atom is -0.508 e. The first kappa shape index (κ1) is 14.9. The first-order valence-corrected chi connectivity index (χ1v) is 6.98. The molecule has 0 aliphatic rings. The largest absolute Gasteiger partial charge is 0.508 e. The van der Waals surface area contributed by atoms with E-state index in [0.717, 1.165) is 11.1 Å². The van der Waals surface area contributed by atoms with Crippen molar-refractivity contribution >= 4 is 6.03 Å². The average Bonchev–Trinajstić information content (AvgIpc) is 2.45. The monoisotopic (exact) mass is 284 g/mol. The normalized spacial score (nSPS) is 10.1. The Bertz CT molecular complexity index is 611. The molecular formula is C17H20N2O2. The highest BCUT2D eigenvalue weighted by molar-refractivity contribution is 5.73. The second-order valence-electron chi connectivity index (χ2n) is 5.02. The molecule has 0 saturated carbocycles. The number of nitrogens with one attached hydrogen (secondary N) is 2. The Balaban J connectivity index is 1.70. The van der Waals surface area contributed by atoms with Crippen LogP contribution in [0, 0.1) is 6.92 Å². The Labute approximate surface area is 124 Å². The van der Waals surface area contributed by atoms with E-state index in [1.54, 1.807) is 18.2 Å². The fraction of sp³-hybridized carbons (Fsp3) is 0.235. The number of aryl methyl sites for hydroxylation is 1. The predicted octanol–water partition coefficient (Wildman–Crippen LogP) is 2.74. The minimum absolute atomic E-state index is 0.184. The molecule has 2 rings (SSSR count). The first-order valence-electron chi connectivity index (χ1n) is 6.98. The molecule has 4 heteroatoms. The number of phenolic OH excluding ortho intramolecular Hbond substituents is 1. The zero-order chi connectivity index (χ0) is 15.1. The lowest BCUT2D eigenvalue weighted by molar-refractivity contribution is 0.240. The summed E-state index contributed by atoms with van der Waals surface area (Å²) < 4.78 is 0. The Hall–Kier alpha value is -2.49. The molecule has 0 unspecified atom stereocenters. The smallest absolute Gasteiger partial charge is 0.315 e. The molecule has 21 heavy (non-hydrogen) atoms. The van der Waals surface area contributed by atoms with E-state index in [2.05, 4.69) is 10.6 Å². The fourth-order valence-corrected chi connectivity index (χ4v) is 2.10. The maximum Gasteiger partial charge on any atom is 0.315 e. The van der Waals surface area contributed by atoms with Crippen molar-refractivity contribution in [2.75, 3.05) is 6.54 Å². The second kappa shape index (κ2) is 7.33. The molecule has 0 fully saturated rings. The number of urea groups is 1. The van der Waals surface area contributed by atoms with Crippen molar-refractivity contribution in [2.45, 2.75) is 19.9 Å². The molecule has 2 aromatic carbocycles. The standard InChI is InChI=1S/C17H20N2O2/c1-13-4-2-6-15(10-13)12-19-17(21)18-9-8-14-5-3-7-16(20)11-14/h2-7,10-11,20H,8-9,12H2,1H3,(H2,18,19,21). The van der Waals surface area contributed by atoms with E-state index in [9.17, 15) is 9.90 Å². The van der Waals surface area contributed by atoms with E-state index in [1.165, 1.54) is 5.56 Å². The first-order chi connectivity index (χ1) is 10.1. The molecule has 2 amide bonds. The van der Waals surface area contributed by atoms with Gasteiger partial charge in [0.05, 0.1) is 0 Å². The number of phenols is 1. The fourth-order valence-electron chi connectivity index (χ4n) is 2.10. The molecule has 0 bridgehead atoms. The number of benzene rings is 2. The third-order valence-electron chi connectivity index (χ3n) is 3.15. The predicted molar refractivity (Wildman–Crippen MR) is 83.2 cm³/mol. The van der Waals surface area contributed by atoms with Gasteiger partial charge in [-0.15, -0.1) is 0 Å². The van der Waals surface area contributed by atoms with E-state index in [4.69, 9.17) is 0 Å². The van der Waals surface area contributed by atoms with E-state index in [-0.39, 0.29) is 11.8 Å². The van der Waals surface area contributed by atoms with Crippen LogP contribution >= 0.6 is 0 Å². The third-order valence-corrected chi connectivity index (χ3v) is 3.15. The summed E-state index contributed by atoms with van der Waals surface area (Å²) in [6.45, 7) is 3.07. The van der Waals surface area contributed by atoms with Crippen molar-refractivity contribution in [1.29, 1.82) is 0 Å². The van der Waals surface area contributed by atoms with Crippen molar-refractivity contribution < 1.29 is 9.90 Å². The van der Waals surface area contributed by atoms with Crippen LogP contribution in [0.4, 0.5) is 4.79 Å². The molecule has 0 radical (unpaired) electrons. The van der Waals surface area contributed by atoms with Gasteiger partial charge >= 0.3 is 6.03 Å². The maximum atomic E-state index is 11.7. The molecule has 0 atom stereocenters. The van der Waals surface area contributed by atoms with Gasteiger partial charge in [0.2, 0.25) is 0 Å². The zero-order valence-electron chi connectivity index (χ0n) is 12.1. The third kappa shape index (κ3) is 5.18. The Kier molecular flexibility index (Phi) is 5.21. The van der Waals surface area contributed by atoms with E-state index >= 15 is 0 Å². The zero-order valence-corrected chi connectivity index (χ0v) is 12.1. The Morgan fingerprint density at radius 2 is 1.81 bits per heavy atom. The number of hydrogen-bond donors (Lipinski definition) is 3. The quantitative estimate of drug-likeness (QED) is 0.790. The molecule has 0 spiro atoms. The van der Waals surface area contributed by atoms with Crippen LogP contribution < -0.4 is 10.6 Å². The summed E-state index contributed by atoms with van der Waals surface area (Å²) in [5, 5.41) is 15.0. The number of carbonyl (C=O) groups is 1. The minimum atomic E-state index is -0.184. The summed E-state index contributed by atoms with van der Waals surface area (Å²) >= 11 is 0.